The highest BCUT2D eigenvalue weighted by atomic mass is 32.2. The van der Waals surface area contributed by atoms with Crippen molar-refractivity contribution in [1.29, 1.82) is 0 Å². The number of aliphatic hydroxyl groups is 1. The van der Waals surface area contributed by atoms with Crippen LogP contribution in [-0.4, -0.2) is 56.9 Å². The van der Waals surface area contributed by atoms with E-state index in [0.717, 1.165) is 69.0 Å². The van der Waals surface area contributed by atoms with Gasteiger partial charge in [-0.25, -0.2) is 13.1 Å². The Morgan fingerprint density at radius 3 is 2.64 bits per heavy atom. The molecule has 3 aliphatic carbocycles. The van der Waals surface area contributed by atoms with Crippen LogP contribution < -0.4 is 10.0 Å². The number of fused-ring (bicyclic) bond motifs is 6. The van der Waals surface area contributed by atoms with Gasteiger partial charge in [0.25, 0.3) is 15.9 Å². The van der Waals surface area contributed by atoms with Gasteiger partial charge in [0, 0.05) is 30.1 Å². The summed E-state index contributed by atoms with van der Waals surface area (Å²) in [7, 11) is -7.76. The molecule has 3 heterocycles. The Bertz CT molecular complexity index is 1390. The Morgan fingerprint density at radius 1 is 1.19 bits per heavy atom. The average Bonchev–Trinajstić information content (AvgIpc) is 3.53. The molecule has 3 saturated carbocycles. The second-order valence-electron chi connectivity index (χ2n) is 10.7. The van der Waals surface area contributed by atoms with Crippen molar-refractivity contribution < 1.29 is 26.7 Å². The summed E-state index contributed by atoms with van der Waals surface area (Å²) in [5.74, 6) is -0.0611. The van der Waals surface area contributed by atoms with E-state index in [-0.39, 0.29) is 69.0 Å². The van der Waals surface area contributed by atoms with Crippen LogP contribution in [0.2, 0.25) is 0 Å². The SMILES string of the molecule is CS(=O)(=O)NCc1csc2c1S(=O)(=O)N=C(C1=C(O)C3C([C@@H]4CC[C@H]3C4)N(C3CCCCC3)C1=O)N2. The molecule has 1 amide bonds. The van der Waals surface area contributed by atoms with Crippen LogP contribution in [0.4, 0.5) is 5.00 Å². The van der Waals surface area contributed by atoms with Gasteiger partial charge in [0.05, 0.1) is 6.26 Å². The van der Waals surface area contributed by atoms with Gasteiger partial charge in [0.2, 0.25) is 10.0 Å². The van der Waals surface area contributed by atoms with E-state index < -0.39 is 20.0 Å². The number of aliphatic hydroxyl groups excluding tert-OH is 1. The number of hydrogen-bond acceptors (Lipinski definition) is 8. The lowest BCUT2D eigenvalue weighted by molar-refractivity contribution is -0.137. The van der Waals surface area contributed by atoms with Crippen molar-refractivity contribution in [1.82, 2.24) is 9.62 Å². The number of thiophene rings is 1. The van der Waals surface area contributed by atoms with Gasteiger partial charge in [0.15, 0.2) is 5.84 Å². The first kappa shape index (κ1) is 24.4. The number of nitrogens with zero attached hydrogens (tertiary/aromatic N) is 2. The molecule has 5 aliphatic rings. The molecule has 0 spiro atoms. The zero-order valence-corrected chi connectivity index (χ0v) is 22.4. The quantitative estimate of drug-likeness (QED) is 0.507. The molecule has 3 fully saturated rings. The Hall–Kier alpha value is -1.96. The zero-order valence-electron chi connectivity index (χ0n) is 19.9. The molecule has 2 bridgehead atoms. The minimum atomic E-state index is -4.23. The summed E-state index contributed by atoms with van der Waals surface area (Å²) in [6.45, 7) is -0.189. The van der Waals surface area contributed by atoms with Gasteiger partial charge in [-0.15, -0.1) is 15.7 Å². The first-order valence-corrected chi connectivity index (χ1v) is 16.7. The highest BCUT2D eigenvalue weighted by Gasteiger charge is 2.58. The number of anilines is 1. The largest absolute Gasteiger partial charge is 0.511 e. The van der Waals surface area contributed by atoms with Crippen LogP contribution in [0.5, 0.6) is 0 Å². The molecule has 0 aromatic carbocycles. The normalized spacial score (nSPS) is 31.8. The van der Waals surface area contributed by atoms with Crippen LogP contribution in [0.3, 0.4) is 0 Å². The second-order valence-corrected chi connectivity index (χ2v) is 14.9. The maximum absolute atomic E-state index is 14.0. The first-order chi connectivity index (χ1) is 17.0. The van der Waals surface area contributed by atoms with E-state index in [4.69, 9.17) is 0 Å². The summed E-state index contributed by atoms with van der Waals surface area (Å²) in [5.41, 5.74) is 0.244. The third-order valence-corrected chi connectivity index (χ3v) is 11.6. The molecule has 1 aromatic rings. The average molecular weight is 555 g/mol. The lowest BCUT2D eigenvalue weighted by Crippen LogP contribution is -2.58. The maximum atomic E-state index is 14.0. The van der Waals surface area contributed by atoms with E-state index in [1.165, 1.54) is 0 Å². The summed E-state index contributed by atoms with van der Waals surface area (Å²) in [6.07, 6.45) is 9.14. The number of carbonyl (C=O) groups excluding carboxylic acids is 1. The van der Waals surface area contributed by atoms with Gasteiger partial charge in [-0.05, 0) is 49.3 Å². The number of sulfonamides is 2. The molecule has 36 heavy (non-hydrogen) atoms. The van der Waals surface area contributed by atoms with Crippen molar-refractivity contribution in [3.63, 3.8) is 0 Å². The molecule has 6 rings (SSSR count). The number of rotatable bonds is 5. The summed E-state index contributed by atoms with van der Waals surface area (Å²) in [5, 5.41) is 16.3. The Morgan fingerprint density at radius 2 is 1.92 bits per heavy atom. The topological polar surface area (TPSA) is 145 Å². The number of hydrogen-bond donors (Lipinski definition) is 3. The smallest absolute Gasteiger partial charge is 0.287 e. The molecule has 2 unspecified atom stereocenters. The van der Waals surface area contributed by atoms with Gasteiger partial charge in [-0.2, -0.15) is 8.42 Å². The summed E-state index contributed by atoms with van der Waals surface area (Å²) in [6, 6.07) is 0.0582. The van der Waals surface area contributed by atoms with E-state index in [1.54, 1.807) is 5.38 Å². The third kappa shape index (κ3) is 3.89. The molecule has 196 valence electrons. The van der Waals surface area contributed by atoms with Crippen molar-refractivity contribution in [2.24, 2.45) is 22.2 Å². The van der Waals surface area contributed by atoms with E-state index in [0.29, 0.717) is 5.92 Å². The van der Waals surface area contributed by atoms with Gasteiger partial charge in [0.1, 0.15) is 21.2 Å². The van der Waals surface area contributed by atoms with Gasteiger partial charge in [-0.1, -0.05) is 19.3 Å². The lowest BCUT2D eigenvalue weighted by atomic mass is 9.76. The van der Waals surface area contributed by atoms with Crippen LogP contribution >= 0.6 is 11.3 Å². The van der Waals surface area contributed by atoms with Crippen molar-refractivity contribution in [2.75, 3.05) is 11.6 Å². The Kier molecular flexibility index (Phi) is 5.78. The number of amidine groups is 1. The third-order valence-electron chi connectivity index (χ3n) is 8.46. The van der Waals surface area contributed by atoms with Crippen LogP contribution in [-0.2, 0) is 31.4 Å². The molecule has 0 radical (unpaired) electrons. The minimum absolute atomic E-state index is 0.0325. The van der Waals surface area contributed by atoms with E-state index in [1.807, 2.05) is 4.90 Å². The van der Waals surface area contributed by atoms with Crippen molar-refractivity contribution >= 4 is 48.1 Å². The number of nitrogens with one attached hydrogen (secondary N) is 2. The Labute approximate surface area is 215 Å². The van der Waals surface area contributed by atoms with Crippen LogP contribution in [0.25, 0.3) is 0 Å². The summed E-state index contributed by atoms with van der Waals surface area (Å²) >= 11 is 1.10. The fraction of sp³-hybridized carbons (Fsp3) is 0.652. The maximum Gasteiger partial charge on any atom is 0.287 e. The predicted molar refractivity (Wildman–Crippen MR) is 136 cm³/mol. The zero-order chi connectivity index (χ0) is 25.4. The summed E-state index contributed by atoms with van der Waals surface area (Å²) in [4.78, 5) is 15.9. The van der Waals surface area contributed by atoms with Crippen LogP contribution in [0.1, 0.15) is 56.9 Å². The number of amides is 1. The molecule has 1 aromatic heterocycles. The minimum Gasteiger partial charge on any atom is -0.511 e. The highest BCUT2D eigenvalue weighted by Crippen LogP contribution is 2.56. The molecule has 0 saturated heterocycles. The summed E-state index contributed by atoms with van der Waals surface area (Å²) < 4.78 is 55.8. The van der Waals surface area contributed by atoms with Gasteiger partial charge < -0.3 is 15.3 Å². The fourth-order valence-corrected chi connectivity index (χ4v) is 10.1. The van der Waals surface area contributed by atoms with Gasteiger partial charge in [-0.3, -0.25) is 4.79 Å². The lowest BCUT2D eigenvalue weighted by Gasteiger charge is -2.48. The fourth-order valence-electron chi connectivity index (χ4n) is 7.07. The Balaban J connectivity index is 1.40. The molecule has 4 atom stereocenters. The standard InChI is InChI=1S/C23H30N4O6S3/c1-35(30,31)24-10-14-11-34-22-20(14)36(32,33)26-21(25-22)17-19(28)16-12-7-8-13(9-12)18(16)27(23(17)29)15-5-3-2-4-6-15/h11-13,15-16,18,24,28H,2-10H2,1H3,(H,25,26)/t12-,13+,16?,18?/m0/s1. The van der Waals surface area contributed by atoms with Crippen molar-refractivity contribution in [2.45, 2.75) is 74.9 Å². The molecule has 3 N–H and O–H groups in total. The number of carbonyl (C=O) groups is 1. The van der Waals surface area contributed by atoms with Crippen LogP contribution in [0, 0.1) is 17.8 Å². The molecule has 10 nitrogen and oxygen atoms in total. The van der Waals surface area contributed by atoms with Crippen LogP contribution in [0.15, 0.2) is 26.0 Å². The first-order valence-electron chi connectivity index (χ1n) is 12.5. The molecular formula is C23H30N4O6S3. The van der Waals surface area contributed by atoms with E-state index in [2.05, 4.69) is 14.4 Å². The monoisotopic (exact) mass is 554 g/mol. The molecule has 13 heteroatoms. The van der Waals surface area contributed by atoms with E-state index >= 15 is 0 Å². The highest BCUT2D eigenvalue weighted by molar-refractivity contribution is 7.91. The molecular weight excluding hydrogens is 524 g/mol. The van der Waals surface area contributed by atoms with E-state index in [9.17, 15) is 26.7 Å². The predicted octanol–water partition coefficient (Wildman–Crippen LogP) is 2.71. The van der Waals surface area contributed by atoms with Gasteiger partial charge >= 0.3 is 0 Å². The second kappa shape index (κ2) is 8.53. The molecule has 2 aliphatic heterocycles. The van der Waals surface area contributed by atoms with Crippen molar-refractivity contribution in [3.05, 3.63) is 22.3 Å². The van der Waals surface area contributed by atoms with Crippen molar-refractivity contribution in [3.8, 4) is 0 Å².